The van der Waals surface area contributed by atoms with E-state index in [1.54, 1.807) is 0 Å². The zero-order valence-corrected chi connectivity index (χ0v) is 8.38. The normalized spacial score (nSPS) is 14.6. The van der Waals surface area contributed by atoms with Crippen LogP contribution in [0.2, 0.25) is 0 Å². The van der Waals surface area contributed by atoms with Gasteiger partial charge in [-0.25, -0.2) is 9.78 Å². The standard InChI is InChI=1S/C10H7F3N2O2/c11-10(12,13)7-2-1-5-3-6(9(16)17)4-14-8(5)15-7/h1-3H,4H2,(H,14,15)(H,16,17). The lowest BCUT2D eigenvalue weighted by Gasteiger charge is -2.17. The number of rotatable bonds is 1. The fraction of sp³-hybridized carbons (Fsp3) is 0.200. The van der Waals surface area contributed by atoms with Crippen molar-refractivity contribution in [2.75, 3.05) is 11.9 Å². The topological polar surface area (TPSA) is 62.2 Å². The van der Waals surface area contributed by atoms with Gasteiger partial charge < -0.3 is 10.4 Å². The molecule has 2 rings (SSSR count). The molecule has 7 heteroatoms. The number of carboxylic acid groups (broad SMARTS) is 1. The molecular formula is C10H7F3N2O2. The summed E-state index contributed by atoms with van der Waals surface area (Å²) in [5.41, 5.74) is -0.586. The molecule has 1 aliphatic heterocycles. The first-order valence-corrected chi connectivity index (χ1v) is 4.64. The van der Waals surface area contributed by atoms with E-state index >= 15 is 0 Å². The number of fused-ring (bicyclic) bond motifs is 1. The molecule has 0 atom stereocenters. The summed E-state index contributed by atoms with van der Waals surface area (Å²) in [6.07, 6.45) is -3.20. The average Bonchev–Trinajstić information content (AvgIpc) is 2.26. The highest BCUT2D eigenvalue weighted by Gasteiger charge is 2.33. The third-order valence-electron chi connectivity index (χ3n) is 2.27. The molecule has 1 aromatic rings. The number of carboxylic acids is 1. The number of aromatic nitrogens is 1. The van der Waals surface area contributed by atoms with Crippen LogP contribution in [0, 0.1) is 0 Å². The van der Waals surface area contributed by atoms with E-state index in [1.807, 2.05) is 0 Å². The number of hydrogen-bond acceptors (Lipinski definition) is 3. The smallest absolute Gasteiger partial charge is 0.433 e. The molecule has 0 fully saturated rings. The van der Waals surface area contributed by atoms with E-state index in [0.717, 1.165) is 6.07 Å². The first-order chi connectivity index (χ1) is 7.88. The Morgan fingerprint density at radius 2 is 2.12 bits per heavy atom. The fourth-order valence-corrected chi connectivity index (χ4v) is 1.44. The second-order valence-electron chi connectivity index (χ2n) is 3.46. The van der Waals surface area contributed by atoms with Crippen LogP contribution in [0.3, 0.4) is 0 Å². The third kappa shape index (κ3) is 2.22. The average molecular weight is 244 g/mol. The molecule has 17 heavy (non-hydrogen) atoms. The van der Waals surface area contributed by atoms with Crippen molar-refractivity contribution in [1.82, 2.24) is 4.98 Å². The van der Waals surface area contributed by atoms with E-state index in [4.69, 9.17) is 5.11 Å². The van der Waals surface area contributed by atoms with Crippen LogP contribution in [-0.2, 0) is 11.0 Å². The Morgan fingerprint density at radius 3 is 2.71 bits per heavy atom. The largest absolute Gasteiger partial charge is 0.478 e. The van der Waals surface area contributed by atoms with Crippen molar-refractivity contribution in [1.29, 1.82) is 0 Å². The van der Waals surface area contributed by atoms with Crippen LogP contribution in [0.25, 0.3) is 6.08 Å². The first kappa shape index (κ1) is 11.4. The van der Waals surface area contributed by atoms with Crippen LogP contribution in [0.4, 0.5) is 19.0 Å². The van der Waals surface area contributed by atoms with Crippen LogP contribution in [0.5, 0.6) is 0 Å². The zero-order chi connectivity index (χ0) is 12.6. The van der Waals surface area contributed by atoms with Crippen molar-refractivity contribution >= 4 is 17.9 Å². The van der Waals surface area contributed by atoms with Crippen molar-refractivity contribution in [2.45, 2.75) is 6.18 Å². The van der Waals surface area contributed by atoms with Crippen LogP contribution >= 0.6 is 0 Å². The number of alkyl halides is 3. The number of nitrogens with one attached hydrogen (secondary N) is 1. The molecule has 0 bridgehead atoms. The number of halogens is 3. The van der Waals surface area contributed by atoms with Gasteiger partial charge in [-0.05, 0) is 18.2 Å². The van der Waals surface area contributed by atoms with Gasteiger partial charge in [0.05, 0.1) is 5.57 Å². The van der Waals surface area contributed by atoms with Crippen molar-refractivity contribution in [2.24, 2.45) is 0 Å². The summed E-state index contributed by atoms with van der Waals surface area (Å²) in [5.74, 6) is -1.06. The highest BCUT2D eigenvalue weighted by Crippen LogP contribution is 2.31. The Morgan fingerprint density at radius 1 is 1.41 bits per heavy atom. The van der Waals surface area contributed by atoms with Crippen LogP contribution in [-0.4, -0.2) is 22.6 Å². The molecule has 0 amide bonds. The number of anilines is 1. The Labute approximate surface area is 93.8 Å². The fourth-order valence-electron chi connectivity index (χ4n) is 1.44. The summed E-state index contributed by atoms with van der Waals surface area (Å²) in [6, 6.07) is 2.02. The molecule has 0 radical (unpaired) electrons. The summed E-state index contributed by atoms with van der Waals surface area (Å²) >= 11 is 0. The molecule has 2 N–H and O–H groups in total. The number of pyridine rings is 1. The third-order valence-corrected chi connectivity index (χ3v) is 2.27. The molecule has 90 valence electrons. The Hall–Kier alpha value is -2.05. The van der Waals surface area contributed by atoms with Gasteiger partial charge >= 0.3 is 12.1 Å². The minimum absolute atomic E-state index is 0.0450. The van der Waals surface area contributed by atoms with Gasteiger partial charge in [0.1, 0.15) is 11.5 Å². The second-order valence-corrected chi connectivity index (χ2v) is 3.46. The quantitative estimate of drug-likeness (QED) is 0.793. The lowest BCUT2D eigenvalue weighted by Crippen LogP contribution is -2.19. The highest BCUT2D eigenvalue weighted by atomic mass is 19.4. The predicted octanol–water partition coefficient (Wildman–Crippen LogP) is 1.99. The number of nitrogens with zero attached hydrogens (tertiary/aromatic N) is 1. The van der Waals surface area contributed by atoms with Gasteiger partial charge in [-0.15, -0.1) is 0 Å². The summed E-state index contributed by atoms with van der Waals surface area (Å²) in [5, 5.41) is 11.3. The van der Waals surface area contributed by atoms with Crippen molar-refractivity contribution in [3.8, 4) is 0 Å². The maximum absolute atomic E-state index is 12.4. The Kier molecular flexibility index (Phi) is 2.53. The van der Waals surface area contributed by atoms with Gasteiger partial charge in [0.15, 0.2) is 0 Å². The molecule has 0 spiro atoms. The molecule has 4 nitrogen and oxygen atoms in total. The number of carbonyl (C=O) groups is 1. The monoisotopic (exact) mass is 244 g/mol. The van der Waals surface area contributed by atoms with E-state index < -0.39 is 17.8 Å². The van der Waals surface area contributed by atoms with Crippen LogP contribution in [0.1, 0.15) is 11.3 Å². The van der Waals surface area contributed by atoms with Crippen molar-refractivity contribution in [3.05, 3.63) is 29.0 Å². The van der Waals surface area contributed by atoms with E-state index in [0.29, 0.717) is 5.56 Å². The Bertz CT molecular complexity index is 509. The molecule has 0 aliphatic carbocycles. The molecule has 1 aliphatic rings. The molecule has 0 unspecified atom stereocenters. The van der Waals surface area contributed by atoms with Gasteiger partial charge in [-0.1, -0.05) is 0 Å². The number of hydrogen-bond donors (Lipinski definition) is 2. The highest BCUT2D eigenvalue weighted by molar-refractivity contribution is 5.95. The van der Waals surface area contributed by atoms with E-state index in [-0.39, 0.29) is 17.9 Å². The van der Waals surface area contributed by atoms with E-state index in [2.05, 4.69) is 10.3 Å². The summed E-state index contributed by atoms with van der Waals surface area (Å²) in [4.78, 5) is 14.1. The van der Waals surface area contributed by atoms with E-state index in [9.17, 15) is 18.0 Å². The van der Waals surface area contributed by atoms with Gasteiger partial charge in [0.25, 0.3) is 0 Å². The summed E-state index contributed by atoms with van der Waals surface area (Å²) in [6.45, 7) is -0.0450. The maximum atomic E-state index is 12.4. The molecular weight excluding hydrogens is 237 g/mol. The first-order valence-electron chi connectivity index (χ1n) is 4.64. The van der Waals surface area contributed by atoms with Gasteiger partial charge in [0, 0.05) is 12.1 Å². The minimum atomic E-state index is -4.51. The lowest BCUT2D eigenvalue weighted by molar-refractivity contribution is -0.141. The minimum Gasteiger partial charge on any atom is -0.478 e. The summed E-state index contributed by atoms with van der Waals surface area (Å²) < 4.78 is 37.1. The van der Waals surface area contributed by atoms with Gasteiger partial charge in [-0.2, -0.15) is 13.2 Å². The summed E-state index contributed by atoms with van der Waals surface area (Å²) in [7, 11) is 0. The lowest BCUT2D eigenvalue weighted by atomic mass is 10.1. The maximum Gasteiger partial charge on any atom is 0.433 e. The van der Waals surface area contributed by atoms with Crippen molar-refractivity contribution < 1.29 is 23.1 Å². The second kappa shape index (κ2) is 3.76. The molecule has 2 heterocycles. The zero-order valence-electron chi connectivity index (χ0n) is 8.38. The van der Waals surface area contributed by atoms with Crippen LogP contribution in [0.15, 0.2) is 17.7 Å². The molecule has 0 saturated heterocycles. The SMILES string of the molecule is O=C(O)C1=Cc2ccc(C(F)(F)F)nc2NC1. The Balaban J connectivity index is 2.42. The van der Waals surface area contributed by atoms with Gasteiger partial charge in [-0.3, -0.25) is 0 Å². The van der Waals surface area contributed by atoms with Crippen LogP contribution < -0.4 is 5.32 Å². The van der Waals surface area contributed by atoms with E-state index in [1.165, 1.54) is 12.1 Å². The van der Waals surface area contributed by atoms with Crippen molar-refractivity contribution in [3.63, 3.8) is 0 Å². The molecule has 0 saturated carbocycles. The predicted molar refractivity (Wildman–Crippen MR) is 53.3 cm³/mol. The molecule has 1 aromatic heterocycles. The molecule has 0 aromatic carbocycles. The van der Waals surface area contributed by atoms with Gasteiger partial charge in [0.2, 0.25) is 0 Å². The number of aliphatic carboxylic acids is 1.